The van der Waals surface area contributed by atoms with Crippen molar-refractivity contribution in [1.29, 1.82) is 0 Å². The molecule has 3 rings (SSSR count). The maximum atomic E-state index is 13.9. The van der Waals surface area contributed by atoms with Gasteiger partial charge in [-0.15, -0.1) is 0 Å². The first-order valence-electron chi connectivity index (χ1n) is 8.45. The third kappa shape index (κ3) is 4.19. The van der Waals surface area contributed by atoms with Crippen LogP contribution in [0.3, 0.4) is 0 Å². The van der Waals surface area contributed by atoms with E-state index in [4.69, 9.17) is 0 Å². The van der Waals surface area contributed by atoms with Gasteiger partial charge in [-0.3, -0.25) is 9.78 Å². The van der Waals surface area contributed by atoms with Crippen LogP contribution in [0.1, 0.15) is 34.6 Å². The smallest absolute Gasteiger partial charge is 0.344 e. The van der Waals surface area contributed by atoms with Crippen molar-refractivity contribution < 1.29 is 22.4 Å². The minimum absolute atomic E-state index is 0.0999. The van der Waals surface area contributed by atoms with Crippen molar-refractivity contribution in [2.24, 2.45) is 0 Å². The highest BCUT2D eigenvalue weighted by molar-refractivity contribution is 6.01. The van der Waals surface area contributed by atoms with Gasteiger partial charge in [-0.05, 0) is 48.4 Å². The van der Waals surface area contributed by atoms with Crippen molar-refractivity contribution >= 4 is 5.91 Å². The van der Waals surface area contributed by atoms with Gasteiger partial charge in [0.1, 0.15) is 5.82 Å². The average molecular weight is 388 g/mol. The Bertz CT molecular complexity index is 984. The molecule has 0 bridgehead atoms. The number of amides is 1. The number of nitrogens with one attached hydrogen (secondary N) is 1. The number of alkyl halides is 3. The maximum absolute atomic E-state index is 13.9. The highest BCUT2D eigenvalue weighted by Gasteiger charge is 2.30. The highest BCUT2D eigenvalue weighted by Crippen LogP contribution is 2.32. The van der Waals surface area contributed by atoms with Crippen LogP contribution in [0.5, 0.6) is 0 Å². The van der Waals surface area contributed by atoms with Gasteiger partial charge in [0.15, 0.2) is 0 Å². The van der Waals surface area contributed by atoms with Crippen molar-refractivity contribution in [3.8, 4) is 11.1 Å². The first-order chi connectivity index (χ1) is 13.3. The van der Waals surface area contributed by atoms with Crippen molar-refractivity contribution in [1.82, 2.24) is 10.3 Å². The number of halogens is 4. The first kappa shape index (κ1) is 19.5. The van der Waals surface area contributed by atoms with Gasteiger partial charge >= 0.3 is 6.18 Å². The number of aromatic nitrogens is 1. The summed E-state index contributed by atoms with van der Waals surface area (Å²) in [5, 5.41) is 2.68. The molecule has 0 fully saturated rings. The van der Waals surface area contributed by atoms with Crippen LogP contribution in [0.25, 0.3) is 11.1 Å². The van der Waals surface area contributed by atoms with Crippen LogP contribution in [-0.2, 0) is 6.18 Å². The molecule has 1 N–H and O–H groups in total. The van der Waals surface area contributed by atoms with Gasteiger partial charge in [0.2, 0.25) is 0 Å². The molecule has 0 radical (unpaired) electrons. The summed E-state index contributed by atoms with van der Waals surface area (Å²) < 4.78 is 52.2. The zero-order valence-electron chi connectivity index (χ0n) is 14.8. The lowest BCUT2D eigenvalue weighted by Gasteiger charge is -2.16. The zero-order valence-corrected chi connectivity index (χ0v) is 14.8. The lowest BCUT2D eigenvalue weighted by molar-refractivity contribution is -0.137. The summed E-state index contributed by atoms with van der Waals surface area (Å²) in [7, 11) is 0. The molecule has 2 aromatic carbocycles. The molecule has 1 aromatic heterocycles. The molecular formula is C21H16F4N2O. The topological polar surface area (TPSA) is 42.0 Å². The molecule has 0 saturated carbocycles. The molecule has 0 aliphatic heterocycles. The normalized spacial score (nSPS) is 12.5. The molecule has 3 nitrogen and oxygen atoms in total. The molecule has 0 aliphatic carbocycles. The first-order valence-corrected chi connectivity index (χ1v) is 8.45. The van der Waals surface area contributed by atoms with E-state index < -0.39 is 29.5 Å². The van der Waals surface area contributed by atoms with Crippen molar-refractivity contribution in [3.05, 3.63) is 89.5 Å². The molecule has 1 atom stereocenters. The Morgan fingerprint density at radius 2 is 1.68 bits per heavy atom. The minimum Gasteiger partial charge on any atom is -0.344 e. The number of hydrogen-bond acceptors (Lipinski definition) is 2. The van der Waals surface area contributed by atoms with Crippen LogP contribution >= 0.6 is 0 Å². The molecule has 28 heavy (non-hydrogen) atoms. The van der Waals surface area contributed by atoms with Gasteiger partial charge in [-0.25, -0.2) is 4.39 Å². The van der Waals surface area contributed by atoms with Gasteiger partial charge in [0.05, 0.1) is 17.3 Å². The molecule has 0 aliphatic rings. The number of carbonyl (C=O) groups is 1. The van der Waals surface area contributed by atoms with E-state index in [0.29, 0.717) is 11.1 Å². The van der Waals surface area contributed by atoms with Crippen LogP contribution < -0.4 is 5.32 Å². The zero-order chi connectivity index (χ0) is 20.3. The fourth-order valence-electron chi connectivity index (χ4n) is 2.83. The largest absolute Gasteiger partial charge is 0.416 e. The standard InChI is InChI=1S/C21H16F4N2O/c1-13(19-18(22)7-4-12-26-19)27-20(28)17-6-3-2-5-16(17)14-8-10-15(11-9-14)21(23,24)25/h2-13H,1H3,(H,27,28)/t13-/m1/s1. The summed E-state index contributed by atoms with van der Waals surface area (Å²) in [5.41, 5.74) is 0.545. The Morgan fingerprint density at radius 3 is 2.32 bits per heavy atom. The number of rotatable bonds is 4. The van der Waals surface area contributed by atoms with Gasteiger partial charge in [0, 0.05) is 11.8 Å². The number of benzene rings is 2. The second-order valence-corrected chi connectivity index (χ2v) is 6.19. The van der Waals surface area contributed by atoms with E-state index in [2.05, 4.69) is 10.3 Å². The Hall–Kier alpha value is -3.22. The van der Waals surface area contributed by atoms with Crippen LogP contribution in [0.15, 0.2) is 66.9 Å². The van der Waals surface area contributed by atoms with E-state index >= 15 is 0 Å². The van der Waals surface area contributed by atoms with Crippen LogP contribution in [0.4, 0.5) is 17.6 Å². The molecule has 144 valence electrons. The van der Waals surface area contributed by atoms with E-state index in [1.165, 1.54) is 30.5 Å². The number of carbonyl (C=O) groups excluding carboxylic acids is 1. The quantitative estimate of drug-likeness (QED) is 0.609. The Morgan fingerprint density at radius 1 is 1.00 bits per heavy atom. The average Bonchev–Trinajstić information content (AvgIpc) is 2.67. The van der Waals surface area contributed by atoms with Crippen LogP contribution in [-0.4, -0.2) is 10.9 Å². The van der Waals surface area contributed by atoms with E-state index in [-0.39, 0.29) is 11.3 Å². The molecule has 7 heteroatoms. The summed E-state index contributed by atoms with van der Waals surface area (Å²) in [6, 6.07) is 13.1. The molecule has 1 amide bonds. The lowest BCUT2D eigenvalue weighted by atomic mass is 9.98. The number of pyridine rings is 1. The molecule has 0 saturated heterocycles. The Kier molecular flexibility index (Phi) is 5.44. The van der Waals surface area contributed by atoms with E-state index in [1.807, 2.05) is 0 Å². The molecular weight excluding hydrogens is 372 g/mol. The summed E-state index contributed by atoms with van der Waals surface area (Å²) in [5.74, 6) is -1.01. The maximum Gasteiger partial charge on any atom is 0.416 e. The SMILES string of the molecule is C[C@@H](NC(=O)c1ccccc1-c1ccc(C(F)(F)F)cc1)c1ncccc1F. The van der Waals surface area contributed by atoms with Gasteiger partial charge in [0.25, 0.3) is 5.91 Å². The van der Waals surface area contributed by atoms with Gasteiger partial charge < -0.3 is 5.32 Å². The van der Waals surface area contributed by atoms with Crippen molar-refractivity contribution in [2.45, 2.75) is 19.1 Å². The predicted octanol–water partition coefficient (Wildman–Crippen LogP) is 5.40. The van der Waals surface area contributed by atoms with Crippen molar-refractivity contribution in [2.75, 3.05) is 0 Å². The van der Waals surface area contributed by atoms with E-state index in [1.54, 1.807) is 31.2 Å². The van der Waals surface area contributed by atoms with Crippen molar-refractivity contribution in [3.63, 3.8) is 0 Å². The Labute approximate surface area is 159 Å². The third-order valence-corrected chi connectivity index (χ3v) is 4.24. The van der Waals surface area contributed by atoms with Crippen LogP contribution in [0, 0.1) is 5.82 Å². The number of hydrogen-bond donors (Lipinski definition) is 1. The number of nitrogens with zero attached hydrogens (tertiary/aromatic N) is 1. The van der Waals surface area contributed by atoms with Gasteiger partial charge in [-0.1, -0.05) is 30.3 Å². The molecule has 1 heterocycles. The lowest BCUT2D eigenvalue weighted by Crippen LogP contribution is -2.28. The summed E-state index contributed by atoms with van der Waals surface area (Å²) in [6.07, 6.45) is -3.01. The highest BCUT2D eigenvalue weighted by atomic mass is 19.4. The van der Waals surface area contributed by atoms with E-state index in [0.717, 1.165) is 12.1 Å². The second-order valence-electron chi connectivity index (χ2n) is 6.19. The second kappa shape index (κ2) is 7.80. The summed E-state index contributed by atoms with van der Waals surface area (Å²) in [4.78, 5) is 16.7. The van der Waals surface area contributed by atoms with Crippen LogP contribution in [0.2, 0.25) is 0 Å². The third-order valence-electron chi connectivity index (χ3n) is 4.24. The monoisotopic (exact) mass is 388 g/mol. The molecule has 0 spiro atoms. The van der Waals surface area contributed by atoms with E-state index in [9.17, 15) is 22.4 Å². The Balaban J connectivity index is 1.88. The fraction of sp³-hybridized carbons (Fsp3) is 0.143. The van der Waals surface area contributed by atoms with Gasteiger partial charge in [-0.2, -0.15) is 13.2 Å². The predicted molar refractivity (Wildman–Crippen MR) is 97.0 cm³/mol. The molecule has 0 unspecified atom stereocenters. The summed E-state index contributed by atoms with van der Waals surface area (Å²) >= 11 is 0. The fourth-order valence-corrected chi connectivity index (χ4v) is 2.83. The molecule has 3 aromatic rings. The summed E-state index contributed by atoms with van der Waals surface area (Å²) in [6.45, 7) is 1.60. The minimum atomic E-state index is -4.43.